The van der Waals surface area contributed by atoms with Crippen molar-refractivity contribution in [2.45, 2.75) is 38.7 Å². The zero-order valence-corrected chi connectivity index (χ0v) is 10.6. The summed E-state index contributed by atoms with van der Waals surface area (Å²) in [6, 6.07) is 4.10. The fourth-order valence-corrected chi connectivity index (χ4v) is 1.80. The molecule has 0 unspecified atom stereocenters. The van der Waals surface area contributed by atoms with Crippen LogP contribution in [0.3, 0.4) is 0 Å². The van der Waals surface area contributed by atoms with Crippen LogP contribution in [0.25, 0.3) is 0 Å². The van der Waals surface area contributed by atoms with E-state index < -0.39 is 0 Å². The zero-order chi connectivity index (χ0) is 10.1. The second kappa shape index (κ2) is 4.04. The normalized spacial score (nSPS) is 16.0. The van der Waals surface area contributed by atoms with E-state index in [9.17, 15) is 0 Å². The molecule has 0 amide bonds. The Balaban J connectivity index is 2.17. The highest BCUT2D eigenvalue weighted by Crippen LogP contribution is 2.30. The molecule has 2 rings (SSSR count). The van der Waals surface area contributed by atoms with E-state index in [4.69, 9.17) is 4.74 Å². The number of halogens is 1. The van der Waals surface area contributed by atoms with Gasteiger partial charge in [0.2, 0.25) is 0 Å². The van der Waals surface area contributed by atoms with Crippen LogP contribution in [-0.2, 0) is 0 Å². The van der Waals surface area contributed by atoms with Gasteiger partial charge in [0.15, 0.2) is 5.75 Å². The molecule has 1 aliphatic rings. The minimum atomic E-state index is 0.454. The van der Waals surface area contributed by atoms with Crippen LogP contribution in [0.2, 0.25) is 0 Å². The van der Waals surface area contributed by atoms with Gasteiger partial charge in [-0.3, -0.25) is 0 Å². The summed E-state index contributed by atoms with van der Waals surface area (Å²) in [5, 5.41) is 0. The van der Waals surface area contributed by atoms with Crippen LogP contribution < -0.4 is 4.74 Å². The van der Waals surface area contributed by atoms with Crippen LogP contribution in [-0.4, -0.2) is 11.1 Å². The summed E-state index contributed by atoms with van der Waals surface area (Å²) in [4.78, 5) is 4.52. The van der Waals surface area contributed by atoms with Gasteiger partial charge >= 0.3 is 0 Å². The van der Waals surface area contributed by atoms with Gasteiger partial charge in [0.1, 0.15) is 3.70 Å². The maximum absolute atomic E-state index is 5.72. The minimum absolute atomic E-state index is 0.454. The molecule has 0 radical (unpaired) electrons. The Kier molecular flexibility index (Phi) is 2.95. The van der Waals surface area contributed by atoms with E-state index in [0.717, 1.165) is 15.1 Å². The van der Waals surface area contributed by atoms with Gasteiger partial charge in [-0.1, -0.05) is 13.8 Å². The number of aromatic nitrogens is 1. The average molecular weight is 303 g/mol. The quantitative estimate of drug-likeness (QED) is 0.631. The van der Waals surface area contributed by atoms with Crippen molar-refractivity contribution in [2.24, 2.45) is 0 Å². The van der Waals surface area contributed by atoms with Gasteiger partial charge in [0.05, 0.1) is 6.10 Å². The molecule has 76 valence electrons. The van der Waals surface area contributed by atoms with Gasteiger partial charge in [-0.2, -0.15) is 0 Å². The second-order valence-electron chi connectivity index (χ2n) is 4.00. The molecule has 1 aromatic rings. The Morgan fingerprint density at radius 3 is 2.64 bits per heavy atom. The van der Waals surface area contributed by atoms with Crippen molar-refractivity contribution >= 4 is 22.6 Å². The lowest BCUT2D eigenvalue weighted by atomic mass is 10.1. The minimum Gasteiger partial charge on any atom is -0.488 e. The highest BCUT2D eigenvalue weighted by molar-refractivity contribution is 14.1. The standard InChI is InChI=1S/C11H14INO/c1-7(2)9-5-6-10(11(12)13-9)14-8-3-4-8/h5-8H,3-4H2,1-2H3. The molecule has 0 atom stereocenters. The molecule has 14 heavy (non-hydrogen) atoms. The van der Waals surface area contributed by atoms with Gasteiger partial charge in [0, 0.05) is 5.69 Å². The summed E-state index contributed by atoms with van der Waals surface area (Å²) in [7, 11) is 0. The van der Waals surface area contributed by atoms with E-state index in [1.54, 1.807) is 0 Å². The Morgan fingerprint density at radius 2 is 2.14 bits per heavy atom. The number of rotatable bonds is 3. The van der Waals surface area contributed by atoms with Gasteiger partial charge in [-0.05, 0) is 53.5 Å². The van der Waals surface area contributed by atoms with Crippen LogP contribution in [0.4, 0.5) is 0 Å². The van der Waals surface area contributed by atoms with Crippen molar-refractivity contribution in [1.29, 1.82) is 0 Å². The molecular weight excluding hydrogens is 289 g/mol. The van der Waals surface area contributed by atoms with Gasteiger partial charge in [-0.25, -0.2) is 4.98 Å². The first-order valence-corrected chi connectivity index (χ1v) is 6.08. The van der Waals surface area contributed by atoms with Crippen LogP contribution >= 0.6 is 22.6 Å². The van der Waals surface area contributed by atoms with Crippen molar-refractivity contribution in [3.63, 3.8) is 0 Å². The molecule has 0 aromatic carbocycles. The monoisotopic (exact) mass is 303 g/mol. The number of pyridine rings is 1. The van der Waals surface area contributed by atoms with E-state index in [1.165, 1.54) is 12.8 Å². The third kappa shape index (κ3) is 2.38. The fourth-order valence-electron chi connectivity index (χ4n) is 1.21. The van der Waals surface area contributed by atoms with E-state index in [-0.39, 0.29) is 0 Å². The first-order chi connectivity index (χ1) is 6.66. The molecular formula is C11H14INO. The summed E-state index contributed by atoms with van der Waals surface area (Å²) in [5.74, 6) is 1.43. The van der Waals surface area contributed by atoms with Gasteiger partial charge in [0.25, 0.3) is 0 Å². The van der Waals surface area contributed by atoms with E-state index in [2.05, 4.69) is 47.5 Å². The number of nitrogens with zero attached hydrogens (tertiary/aromatic N) is 1. The smallest absolute Gasteiger partial charge is 0.151 e. The third-order valence-corrected chi connectivity index (χ3v) is 3.02. The summed E-state index contributed by atoms with van der Waals surface area (Å²) in [5.41, 5.74) is 1.14. The maximum atomic E-state index is 5.72. The van der Waals surface area contributed by atoms with Crippen LogP contribution in [0, 0.1) is 3.70 Å². The SMILES string of the molecule is CC(C)c1ccc(OC2CC2)c(I)n1. The molecule has 1 aromatic heterocycles. The predicted molar refractivity (Wildman–Crippen MR) is 64.7 cm³/mol. The number of ether oxygens (including phenoxy) is 1. The van der Waals surface area contributed by atoms with Gasteiger partial charge < -0.3 is 4.74 Å². The lowest BCUT2D eigenvalue weighted by Crippen LogP contribution is -2.01. The summed E-state index contributed by atoms with van der Waals surface area (Å²) in [6.45, 7) is 4.31. The van der Waals surface area contributed by atoms with Crippen molar-refractivity contribution in [2.75, 3.05) is 0 Å². The maximum Gasteiger partial charge on any atom is 0.151 e. The molecule has 3 heteroatoms. The summed E-state index contributed by atoms with van der Waals surface area (Å²) >= 11 is 2.24. The van der Waals surface area contributed by atoms with Crippen molar-refractivity contribution in [1.82, 2.24) is 4.98 Å². The molecule has 0 spiro atoms. The predicted octanol–water partition coefficient (Wildman–Crippen LogP) is 3.35. The molecule has 1 aliphatic carbocycles. The Hall–Kier alpha value is -0.320. The van der Waals surface area contributed by atoms with Crippen LogP contribution in [0.1, 0.15) is 38.3 Å². The Morgan fingerprint density at radius 1 is 1.43 bits per heavy atom. The van der Waals surface area contributed by atoms with Crippen LogP contribution in [0.5, 0.6) is 5.75 Å². The molecule has 1 fully saturated rings. The molecule has 0 N–H and O–H groups in total. The highest BCUT2D eigenvalue weighted by atomic mass is 127. The highest BCUT2D eigenvalue weighted by Gasteiger charge is 2.24. The largest absolute Gasteiger partial charge is 0.488 e. The van der Waals surface area contributed by atoms with E-state index in [1.807, 2.05) is 6.07 Å². The fraction of sp³-hybridized carbons (Fsp3) is 0.545. The lowest BCUT2D eigenvalue weighted by molar-refractivity contribution is 0.299. The Labute approximate surface area is 98.2 Å². The van der Waals surface area contributed by atoms with E-state index >= 15 is 0 Å². The zero-order valence-electron chi connectivity index (χ0n) is 8.46. The molecule has 0 aliphatic heterocycles. The number of hydrogen-bond acceptors (Lipinski definition) is 2. The van der Waals surface area contributed by atoms with Crippen LogP contribution in [0.15, 0.2) is 12.1 Å². The molecule has 2 nitrogen and oxygen atoms in total. The lowest BCUT2D eigenvalue weighted by Gasteiger charge is -2.09. The molecule has 0 saturated heterocycles. The van der Waals surface area contributed by atoms with Crippen molar-refractivity contribution in [3.8, 4) is 5.75 Å². The third-order valence-electron chi connectivity index (χ3n) is 2.25. The average Bonchev–Trinajstić information content (AvgIpc) is 2.92. The molecule has 0 bridgehead atoms. The number of hydrogen-bond donors (Lipinski definition) is 0. The van der Waals surface area contributed by atoms with Crippen molar-refractivity contribution in [3.05, 3.63) is 21.5 Å². The van der Waals surface area contributed by atoms with E-state index in [0.29, 0.717) is 12.0 Å². The topological polar surface area (TPSA) is 22.1 Å². The molecule has 1 saturated carbocycles. The summed E-state index contributed by atoms with van der Waals surface area (Å²) in [6.07, 6.45) is 2.85. The van der Waals surface area contributed by atoms with Crippen molar-refractivity contribution < 1.29 is 4.74 Å². The Bertz CT molecular complexity index is 334. The first-order valence-electron chi connectivity index (χ1n) is 5.00. The van der Waals surface area contributed by atoms with Gasteiger partial charge in [-0.15, -0.1) is 0 Å². The summed E-state index contributed by atoms with van der Waals surface area (Å²) < 4.78 is 6.71. The molecule has 1 heterocycles. The first kappa shape index (κ1) is 10.2. The second-order valence-corrected chi connectivity index (χ2v) is 5.02.